The van der Waals surface area contributed by atoms with Crippen LogP contribution in [-0.2, 0) is 19.3 Å². The number of nitrogens with zero attached hydrogens (tertiary/aromatic N) is 1. The van der Waals surface area contributed by atoms with Crippen molar-refractivity contribution in [1.29, 1.82) is 0 Å². The fourth-order valence-corrected chi connectivity index (χ4v) is 3.45. The first kappa shape index (κ1) is 36.4. The molecule has 42 heavy (non-hydrogen) atoms. The van der Waals surface area contributed by atoms with Crippen LogP contribution < -0.4 is 14.4 Å². The van der Waals surface area contributed by atoms with Crippen LogP contribution in [0.4, 0.5) is 45.2 Å². The smallest absolute Gasteiger partial charge is 0.416 e. The van der Waals surface area contributed by atoms with Crippen LogP contribution >= 0.6 is 0 Å². The largest absolute Gasteiger partial charge is 0.489 e. The number of alkyl halides is 9. The molecule has 13 heteroatoms. The van der Waals surface area contributed by atoms with Gasteiger partial charge in [-0.2, -0.15) is 30.7 Å². The Bertz CT molecular complexity index is 1190. The summed E-state index contributed by atoms with van der Waals surface area (Å²) in [5.74, 6) is -0.0181. The van der Waals surface area contributed by atoms with E-state index >= 15 is 0 Å². The van der Waals surface area contributed by atoms with Crippen LogP contribution in [0.25, 0.3) is 0 Å². The third-order valence-corrected chi connectivity index (χ3v) is 5.23. The Hall–Kier alpha value is -3.61. The van der Waals surface area contributed by atoms with Crippen molar-refractivity contribution in [2.45, 2.75) is 58.6 Å². The van der Waals surface area contributed by atoms with Crippen molar-refractivity contribution >= 4 is 5.69 Å². The molecule has 3 aromatic carbocycles. The maximum absolute atomic E-state index is 13.3. The minimum Gasteiger partial charge on any atom is -0.489 e. The maximum Gasteiger partial charge on any atom is 0.416 e. The molecule has 0 radical (unpaired) electrons. The topological polar surface area (TPSA) is 41.9 Å². The Morgan fingerprint density at radius 2 is 1.36 bits per heavy atom. The van der Waals surface area contributed by atoms with Crippen molar-refractivity contribution in [2.24, 2.45) is 0 Å². The summed E-state index contributed by atoms with van der Waals surface area (Å²) in [6, 6.07) is 15.9. The molecule has 3 rings (SSSR count). The summed E-state index contributed by atoms with van der Waals surface area (Å²) in [5, 5.41) is 7.00. The summed E-state index contributed by atoms with van der Waals surface area (Å²) < 4.78 is 126. The molecule has 0 bridgehead atoms. The van der Waals surface area contributed by atoms with Gasteiger partial charge in [0.15, 0.2) is 0 Å². The number of hydrogen-bond acceptors (Lipinski definition) is 4. The first-order valence-corrected chi connectivity index (χ1v) is 12.6. The van der Waals surface area contributed by atoms with E-state index in [0.29, 0.717) is 11.3 Å². The minimum absolute atomic E-state index is 0.115. The number of anilines is 1. The van der Waals surface area contributed by atoms with Gasteiger partial charge >= 0.3 is 18.8 Å². The van der Waals surface area contributed by atoms with Crippen molar-refractivity contribution in [3.8, 4) is 11.5 Å². The molecule has 0 fully saturated rings. The normalized spacial score (nSPS) is 12.0. The molecule has 0 aliphatic rings. The Morgan fingerprint density at radius 3 is 1.98 bits per heavy atom. The third kappa shape index (κ3) is 12.9. The second-order valence-corrected chi connectivity index (χ2v) is 8.22. The highest BCUT2D eigenvalue weighted by atomic mass is 19.4. The van der Waals surface area contributed by atoms with E-state index in [4.69, 9.17) is 9.84 Å². The minimum atomic E-state index is -4.53. The van der Waals surface area contributed by atoms with Gasteiger partial charge in [-0.3, -0.25) is 0 Å². The van der Waals surface area contributed by atoms with Gasteiger partial charge in [0.25, 0.3) is 6.36 Å². The molecule has 0 heterocycles. The molecule has 0 saturated carbocycles. The van der Waals surface area contributed by atoms with E-state index in [1.54, 1.807) is 0 Å². The van der Waals surface area contributed by atoms with Gasteiger partial charge in [-0.25, -0.2) is 8.78 Å². The molecule has 234 valence electrons. The van der Waals surface area contributed by atoms with E-state index < -0.39 is 43.7 Å². The van der Waals surface area contributed by atoms with Crippen LogP contribution in [-0.4, -0.2) is 37.7 Å². The lowest BCUT2D eigenvalue weighted by atomic mass is 10.1. The lowest BCUT2D eigenvalue weighted by Crippen LogP contribution is -2.28. The number of aliphatic hydroxyl groups excluding tert-OH is 1. The number of ether oxygens (including phenoxy) is 2. The third-order valence-electron chi connectivity index (χ3n) is 5.23. The van der Waals surface area contributed by atoms with Gasteiger partial charge in [-0.1, -0.05) is 44.2 Å². The van der Waals surface area contributed by atoms with Crippen molar-refractivity contribution < 1.29 is 54.1 Å². The van der Waals surface area contributed by atoms with Crippen LogP contribution in [0, 0.1) is 0 Å². The number of halogens is 9. The lowest BCUT2D eigenvalue weighted by Gasteiger charge is -2.26. The van der Waals surface area contributed by atoms with Gasteiger partial charge in [0.1, 0.15) is 18.1 Å². The number of rotatable bonds is 11. The van der Waals surface area contributed by atoms with Crippen molar-refractivity contribution in [3.63, 3.8) is 0 Å². The van der Waals surface area contributed by atoms with E-state index in [9.17, 15) is 39.5 Å². The molecular weight excluding hydrogens is 581 g/mol. The van der Waals surface area contributed by atoms with Crippen LogP contribution in [0.5, 0.6) is 11.5 Å². The Balaban J connectivity index is 0.00000211. The zero-order valence-corrected chi connectivity index (χ0v) is 23.0. The zero-order chi connectivity index (χ0) is 31.9. The SMILES string of the molecule is CC.CO.FC(F)C(F)Oc1cccc(CN(CCC(F)(F)F)c2cccc(OCc3cccc(C(F)(F)F)c3)c2)c1. The summed E-state index contributed by atoms with van der Waals surface area (Å²) in [6.45, 7) is 3.19. The predicted octanol–water partition coefficient (Wildman–Crippen LogP) is 8.82. The standard InChI is InChI=1S/C26H22F9NO2.C2H6.CH4O/c27-23(28)24(29)38-22-9-2-4-17(13-22)15-36(11-10-25(30,31)32)20-7-3-8-21(14-20)37-16-18-5-1-6-19(12-18)26(33,34)35;2*1-2/h1-9,12-14,23-24H,10-11,15-16H2;1-2H3;2H,1H3. The summed E-state index contributed by atoms with van der Waals surface area (Å²) in [6.07, 6.45) is -16.4. The average molecular weight is 614 g/mol. The monoisotopic (exact) mass is 613 g/mol. The number of benzene rings is 3. The van der Waals surface area contributed by atoms with Crippen LogP contribution in [0.15, 0.2) is 72.8 Å². The Labute approximate surface area is 238 Å². The van der Waals surface area contributed by atoms with Gasteiger partial charge < -0.3 is 19.5 Å². The summed E-state index contributed by atoms with van der Waals surface area (Å²) in [4.78, 5) is 1.35. The fraction of sp³-hybridized carbons (Fsp3) is 0.379. The van der Waals surface area contributed by atoms with Gasteiger partial charge in [-0.05, 0) is 47.5 Å². The molecule has 0 saturated heterocycles. The molecule has 0 amide bonds. The quantitative estimate of drug-likeness (QED) is 0.220. The van der Waals surface area contributed by atoms with E-state index in [1.807, 2.05) is 13.8 Å². The van der Waals surface area contributed by atoms with E-state index in [2.05, 4.69) is 4.74 Å². The van der Waals surface area contributed by atoms with Gasteiger partial charge in [0, 0.05) is 32.0 Å². The van der Waals surface area contributed by atoms with Crippen molar-refractivity contribution in [2.75, 3.05) is 18.6 Å². The number of hydrogen-bond donors (Lipinski definition) is 1. The average Bonchev–Trinajstić information content (AvgIpc) is 2.96. The summed E-state index contributed by atoms with van der Waals surface area (Å²) >= 11 is 0. The van der Waals surface area contributed by atoms with Crippen molar-refractivity contribution in [1.82, 2.24) is 0 Å². The summed E-state index contributed by atoms with van der Waals surface area (Å²) in [7, 11) is 1.00. The van der Waals surface area contributed by atoms with Crippen molar-refractivity contribution in [3.05, 3.63) is 89.5 Å². The fourth-order valence-electron chi connectivity index (χ4n) is 3.45. The Morgan fingerprint density at radius 1 is 0.762 bits per heavy atom. The van der Waals surface area contributed by atoms with Crippen LogP contribution in [0.1, 0.15) is 37.0 Å². The Kier molecular flexibility index (Phi) is 15.1. The lowest BCUT2D eigenvalue weighted by molar-refractivity contribution is -0.137. The molecular formula is C29H32F9NO3. The molecule has 3 aromatic rings. The molecule has 1 unspecified atom stereocenters. The van der Waals surface area contributed by atoms with Gasteiger partial charge in [-0.15, -0.1) is 0 Å². The second-order valence-electron chi connectivity index (χ2n) is 8.22. The summed E-state index contributed by atoms with van der Waals surface area (Å²) in [5.41, 5.74) is 0.0648. The predicted molar refractivity (Wildman–Crippen MR) is 141 cm³/mol. The van der Waals surface area contributed by atoms with Crippen LogP contribution in [0.2, 0.25) is 0 Å². The van der Waals surface area contributed by atoms with E-state index in [-0.39, 0.29) is 30.2 Å². The molecule has 4 nitrogen and oxygen atoms in total. The molecule has 0 aliphatic heterocycles. The first-order valence-electron chi connectivity index (χ1n) is 12.6. The van der Waals surface area contributed by atoms with E-state index in [0.717, 1.165) is 19.2 Å². The molecule has 1 atom stereocenters. The highest BCUT2D eigenvalue weighted by Gasteiger charge is 2.30. The highest BCUT2D eigenvalue weighted by molar-refractivity contribution is 5.51. The molecule has 1 N–H and O–H groups in total. The van der Waals surface area contributed by atoms with E-state index in [1.165, 1.54) is 65.6 Å². The molecule has 0 aromatic heterocycles. The first-order chi connectivity index (χ1) is 19.8. The van der Waals surface area contributed by atoms with Gasteiger partial charge in [0.2, 0.25) is 0 Å². The molecule has 0 aliphatic carbocycles. The zero-order valence-electron chi connectivity index (χ0n) is 23.0. The van der Waals surface area contributed by atoms with Crippen LogP contribution in [0.3, 0.4) is 0 Å². The maximum atomic E-state index is 13.3. The highest BCUT2D eigenvalue weighted by Crippen LogP contribution is 2.31. The second kappa shape index (κ2) is 17.4. The molecule has 0 spiro atoms. The van der Waals surface area contributed by atoms with Gasteiger partial charge in [0.05, 0.1) is 12.0 Å². The number of aliphatic hydroxyl groups is 1.